The number of hydrogen-bond donors (Lipinski definition) is 1. The molecule has 1 aliphatic carbocycles. The molecule has 0 spiro atoms. The van der Waals surface area contributed by atoms with Gasteiger partial charge in [-0.2, -0.15) is 8.42 Å². The molecule has 0 aromatic rings. The van der Waals surface area contributed by atoms with Crippen LogP contribution in [0.15, 0.2) is 0 Å². The standard InChI is InChI=1S/C6H13NO3S.Na.H/c7-11(8,9)10-6-4-2-1-3-5-6;;/h6H,1-5H2,(H2,7,8,9);;/q;+1;-1. The van der Waals surface area contributed by atoms with Gasteiger partial charge in [0.1, 0.15) is 0 Å². The van der Waals surface area contributed by atoms with Crippen LogP contribution in [-0.2, 0) is 14.5 Å². The maximum absolute atomic E-state index is 10.5. The van der Waals surface area contributed by atoms with E-state index in [1.165, 1.54) is 6.42 Å². The van der Waals surface area contributed by atoms with Crippen LogP contribution in [0.5, 0.6) is 0 Å². The first-order valence-corrected chi connectivity index (χ1v) is 5.26. The Morgan fingerprint density at radius 3 is 2.17 bits per heavy atom. The fourth-order valence-electron chi connectivity index (χ4n) is 1.35. The van der Waals surface area contributed by atoms with E-state index in [2.05, 4.69) is 4.18 Å². The molecule has 0 aliphatic heterocycles. The van der Waals surface area contributed by atoms with E-state index < -0.39 is 10.3 Å². The molecule has 1 aliphatic rings. The molecule has 2 N–H and O–H groups in total. The third kappa shape index (κ3) is 5.50. The molecule has 68 valence electrons. The van der Waals surface area contributed by atoms with E-state index in [1.54, 1.807) is 0 Å². The van der Waals surface area contributed by atoms with Gasteiger partial charge < -0.3 is 1.43 Å². The average molecular weight is 203 g/mol. The van der Waals surface area contributed by atoms with Crippen molar-refractivity contribution in [1.82, 2.24) is 0 Å². The van der Waals surface area contributed by atoms with Crippen LogP contribution in [-0.4, -0.2) is 14.5 Å². The van der Waals surface area contributed by atoms with E-state index in [0.717, 1.165) is 25.7 Å². The molecule has 0 aromatic carbocycles. The van der Waals surface area contributed by atoms with Gasteiger partial charge in [0, 0.05) is 0 Å². The molecule has 0 heterocycles. The van der Waals surface area contributed by atoms with Gasteiger partial charge >= 0.3 is 39.9 Å². The van der Waals surface area contributed by atoms with Gasteiger partial charge in [0.05, 0.1) is 6.10 Å². The zero-order valence-electron chi connectivity index (χ0n) is 8.32. The smallest absolute Gasteiger partial charge is 1.00 e. The molecule has 0 aromatic heterocycles. The molecular formula is C6H14NNaO3S. The van der Waals surface area contributed by atoms with Gasteiger partial charge in [0.2, 0.25) is 0 Å². The summed E-state index contributed by atoms with van der Waals surface area (Å²) >= 11 is 0. The molecule has 0 bridgehead atoms. The summed E-state index contributed by atoms with van der Waals surface area (Å²) in [7, 11) is -3.72. The molecule has 12 heavy (non-hydrogen) atoms. The number of nitrogens with two attached hydrogens (primary N) is 1. The summed E-state index contributed by atoms with van der Waals surface area (Å²) in [6.07, 6.45) is 4.72. The molecule has 1 rings (SSSR count). The van der Waals surface area contributed by atoms with Gasteiger partial charge in [-0.15, -0.1) is 0 Å². The zero-order chi connectivity index (χ0) is 8.32. The van der Waals surface area contributed by atoms with E-state index in [1.807, 2.05) is 0 Å². The number of hydrogen-bond acceptors (Lipinski definition) is 3. The van der Waals surface area contributed by atoms with Gasteiger partial charge in [0.15, 0.2) is 0 Å². The van der Waals surface area contributed by atoms with Gasteiger partial charge in [0.25, 0.3) is 0 Å². The second kappa shape index (κ2) is 5.57. The van der Waals surface area contributed by atoms with Crippen LogP contribution in [0, 0.1) is 0 Å². The quantitative estimate of drug-likeness (QED) is 0.511. The largest absolute Gasteiger partial charge is 1.00 e. The van der Waals surface area contributed by atoms with Crippen molar-refractivity contribution in [2.75, 3.05) is 0 Å². The Balaban J connectivity index is 0. The molecule has 0 saturated heterocycles. The van der Waals surface area contributed by atoms with E-state index in [0.29, 0.717) is 0 Å². The molecule has 1 saturated carbocycles. The molecular weight excluding hydrogens is 189 g/mol. The SMILES string of the molecule is NS(=O)(=O)OC1CCCCC1.[H-].[Na+]. The summed E-state index contributed by atoms with van der Waals surface area (Å²) in [6.45, 7) is 0. The summed E-state index contributed by atoms with van der Waals surface area (Å²) in [5, 5.41) is 4.72. The molecule has 1 fully saturated rings. The Labute approximate surface area is 96.9 Å². The maximum Gasteiger partial charge on any atom is 1.00 e. The van der Waals surface area contributed by atoms with Crippen molar-refractivity contribution in [3.05, 3.63) is 0 Å². The monoisotopic (exact) mass is 203 g/mol. The van der Waals surface area contributed by atoms with Crippen molar-refractivity contribution in [2.24, 2.45) is 5.14 Å². The molecule has 0 unspecified atom stereocenters. The van der Waals surface area contributed by atoms with Crippen LogP contribution in [0.4, 0.5) is 0 Å². The predicted octanol–water partition coefficient (Wildman–Crippen LogP) is -2.34. The summed E-state index contributed by atoms with van der Waals surface area (Å²) in [5.41, 5.74) is 0. The maximum atomic E-state index is 10.5. The first-order chi connectivity index (χ1) is 5.08. The zero-order valence-corrected chi connectivity index (χ0v) is 10.1. The van der Waals surface area contributed by atoms with Crippen LogP contribution in [0.3, 0.4) is 0 Å². The molecule has 6 heteroatoms. The van der Waals surface area contributed by atoms with Crippen molar-refractivity contribution < 1.29 is 43.6 Å². The first kappa shape index (κ1) is 12.9. The normalized spacial score (nSPS) is 20.1. The van der Waals surface area contributed by atoms with Gasteiger partial charge in [-0.05, 0) is 12.8 Å². The fourth-order valence-corrected chi connectivity index (χ4v) is 1.92. The van der Waals surface area contributed by atoms with Crippen molar-refractivity contribution in [3.63, 3.8) is 0 Å². The van der Waals surface area contributed by atoms with Crippen molar-refractivity contribution in [1.29, 1.82) is 0 Å². The minimum Gasteiger partial charge on any atom is -1.00 e. The third-order valence-electron chi connectivity index (χ3n) is 1.82. The van der Waals surface area contributed by atoms with Gasteiger partial charge in [-0.25, -0.2) is 5.14 Å². The van der Waals surface area contributed by atoms with Crippen LogP contribution >= 0.6 is 0 Å². The Hall–Kier alpha value is 0.870. The topological polar surface area (TPSA) is 69.4 Å². The molecule has 4 nitrogen and oxygen atoms in total. The Morgan fingerprint density at radius 2 is 1.75 bits per heavy atom. The third-order valence-corrected chi connectivity index (χ3v) is 2.36. The summed E-state index contributed by atoms with van der Waals surface area (Å²) < 4.78 is 25.5. The van der Waals surface area contributed by atoms with Crippen molar-refractivity contribution in [3.8, 4) is 0 Å². The fraction of sp³-hybridized carbons (Fsp3) is 1.00. The van der Waals surface area contributed by atoms with Crippen LogP contribution in [0.2, 0.25) is 0 Å². The molecule has 0 amide bonds. The first-order valence-electron chi connectivity index (χ1n) is 3.79. The molecule has 0 radical (unpaired) electrons. The van der Waals surface area contributed by atoms with Crippen LogP contribution in [0.25, 0.3) is 0 Å². The van der Waals surface area contributed by atoms with Crippen molar-refractivity contribution in [2.45, 2.75) is 38.2 Å². The van der Waals surface area contributed by atoms with E-state index in [9.17, 15) is 8.42 Å². The predicted molar refractivity (Wildman–Crippen MR) is 42.2 cm³/mol. The van der Waals surface area contributed by atoms with Crippen molar-refractivity contribution >= 4 is 10.3 Å². The Kier molecular flexibility index (Phi) is 5.97. The van der Waals surface area contributed by atoms with E-state index >= 15 is 0 Å². The van der Waals surface area contributed by atoms with Crippen LogP contribution < -0.4 is 34.7 Å². The summed E-state index contributed by atoms with van der Waals surface area (Å²) in [6, 6.07) is 0. The average Bonchev–Trinajstić information content (AvgIpc) is 1.85. The second-order valence-electron chi connectivity index (χ2n) is 2.85. The Morgan fingerprint density at radius 1 is 1.25 bits per heavy atom. The second-order valence-corrected chi connectivity index (χ2v) is 4.03. The number of rotatable bonds is 2. The van der Waals surface area contributed by atoms with E-state index in [4.69, 9.17) is 5.14 Å². The minimum atomic E-state index is -3.72. The molecule has 0 atom stereocenters. The van der Waals surface area contributed by atoms with Gasteiger partial charge in [-0.3, -0.25) is 4.18 Å². The minimum absolute atomic E-state index is 0. The summed E-state index contributed by atoms with van der Waals surface area (Å²) in [5.74, 6) is 0. The van der Waals surface area contributed by atoms with Crippen LogP contribution in [0.1, 0.15) is 33.5 Å². The van der Waals surface area contributed by atoms with E-state index in [-0.39, 0.29) is 37.1 Å². The van der Waals surface area contributed by atoms with Gasteiger partial charge in [-0.1, -0.05) is 19.3 Å². The summed E-state index contributed by atoms with van der Waals surface area (Å²) in [4.78, 5) is 0. The Bertz CT molecular complexity index is 216.